The normalized spacial score (nSPS) is 24.0. The zero-order valence-corrected chi connectivity index (χ0v) is 15.7. The number of guanidine groups is 1. The van der Waals surface area contributed by atoms with Gasteiger partial charge in [-0.25, -0.2) is 0 Å². The number of rotatable bonds is 7. The van der Waals surface area contributed by atoms with Crippen molar-refractivity contribution in [2.75, 3.05) is 64.8 Å². The molecule has 2 fully saturated rings. The van der Waals surface area contributed by atoms with Crippen molar-refractivity contribution < 1.29 is 4.74 Å². The van der Waals surface area contributed by atoms with Crippen LogP contribution in [0.1, 0.15) is 33.1 Å². The maximum absolute atomic E-state index is 5.39. The fourth-order valence-electron chi connectivity index (χ4n) is 3.04. The molecule has 5 nitrogen and oxygen atoms in total. The van der Waals surface area contributed by atoms with E-state index in [-0.39, 0.29) is 0 Å². The molecule has 0 aromatic heterocycles. The van der Waals surface area contributed by atoms with E-state index >= 15 is 0 Å². The van der Waals surface area contributed by atoms with Crippen LogP contribution < -0.4 is 5.32 Å². The number of hydrogen-bond donors (Lipinski definition) is 1. The number of morpholine rings is 1. The topological polar surface area (TPSA) is 40.1 Å². The molecule has 2 saturated heterocycles. The Labute approximate surface area is 146 Å². The highest BCUT2D eigenvalue weighted by Crippen LogP contribution is 2.21. The summed E-state index contributed by atoms with van der Waals surface area (Å²) in [7, 11) is 0. The Balaban J connectivity index is 1.70. The number of thioether (sulfide) groups is 1. The molecule has 0 aromatic carbocycles. The molecular formula is C17H34N4OS. The smallest absolute Gasteiger partial charge is 0.193 e. The number of nitrogens with zero attached hydrogens (tertiary/aromatic N) is 3. The number of ether oxygens (including phenoxy) is 1. The van der Waals surface area contributed by atoms with Crippen molar-refractivity contribution in [3.63, 3.8) is 0 Å². The van der Waals surface area contributed by atoms with Gasteiger partial charge < -0.3 is 15.0 Å². The van der Waals surface area contributed by atoms with E-state index < -0.39 is 0 Å². The molecule has 1 atom stereocenters. The fourth-order valence-corrected chi connectivity index (χ4v) is 4.22. The monoisotopic (exact) mass is 342 g/mol. The molecule has 2 rings (SSSR count). The lowest BCUT2D eigenvalue weighted by molar-refractivity contribution is 0.0373. The lowest BCUT2D eigenvalue weighted by atomic mass is 10.2. The van der Waals surface area contributed by atoms with Gasteiger partial charge >= 0.3 is 0 Å². The van der Waals surface area contributed by atoms with E-state index in [1.165, 1.54) is 31.6 Å². The highest BCUT2D eigenvalue weighted by atomic mass is 32.2. The number of hydrogen-bond acceptors (Lipinski definition) is 4. The van der Waals surface area contributed by atoms with Crippen molar-refractivity contribution in [3.8, 4) is 0 Å². The van der Waals surface area contributed by atoms with Crippen LogP contribution in [0.4, 0.5) is 0 Å². The minimum atomic E-state index is 0.758. The molecule has 134 valence electrons. The van der Waals surface area contributed by atoms with Crippen LogP contribution in [0.2, 0.25) is 0 Å². The molecule has 1 unspecified atom stereocenters. The van der Waals surface area contributed by atoms with E-state index in [4.69, 9.17) is 9.73 Å². The second-order valence-corrected chi connectivity index (χ2v) is 7.65. The van der Waals surface area contributed by atoms with Gasteiger partial charge in [0.1, 0.15) is 0 Å². The molecule has 0 aromatic rings. The van der Waals surface area contributed by atoms with Crippen molar-refractivity contribution in [2.24, 2.45) is 4.99 Å². The van der Waals surface area contributed by atoms with Gasteiger partial charge in [0.25, 0.3) is 0 Å². The highest BCUT2D eigenvalue weighted by molar-refractivity contribution is 8.00. The maximum Gasteiger partial charge on any atom is 0.193 e. The molecule has 0 bridgehead atoms. The molecule has 0 spiro atoms. The zero-order valence-electron chi connectivity index (χ0n) is 14.9. The van der Waals surface area contributed by atoms with Crippen LogP contribution in [0.25, 0.3) is 0 Å². The van der Waals surface area contributed by atoms with Crippen LogP contribution in [-0.2, 0) is 4.74 Å². The standard InChI is InChI=1S/C17H34N4OS/c1-3-16-15-21(11-14-23-16)17(18-4-2)19-7-5-6-8-20-9-12-22-13-10-20/h16H,3-15H2,1-2H3,(H,18,19). The largest absolute Gasteiger partial charge is 0.379 e. The van der Waals surface area contributed by atoms with Crippen LogP contribution in [0.5, 0.6) is 0 Å². The van der Waals surface area contributed by atoms with Gasteiger partial charge in [0.15, 0.2) is 5.96 Å². The minimum Gasteiger partial charge on any atom is -0.379 e. The average molecular weight is 343 g/mol. The summed E-state index contributed by atoms with van der Waals surface area (Å²) in [5.41, 5.74) is 0. The van der Waals surface area contributed by atoms with Crippen molar-refractivity contribution in [2.45, 2.75) is 38.4 Å². The third-order valence-electron chi connectivity index (χ3n) is 4.48. The molecule has 6 heteroatoms. The van der Waals surface area contributed by atoms with Gasteiger partial charge in [-0.3, -0.25) is 9.89 Å². The number of unbranched alkanes of at least 4 members (excludes halogenated alkanes) is 1. The predicted molar refractivity (Wildman–Crippen MR) is 101 cm³/mol. The Morgan fingerprint density at radius 3 is 2.78 bits per heavy atom. The second kappa shape index (κ2) is 11.2. The van der Waals surface area contributed by atoms with Gasteiger partial charge in [0.05, 0.1) is 13.2 Å². The van der Waals surface area contributed by atoms with E-state index in [1.807, 2.05) is 0 Å². The molecule has 0 amide bonds. The minimum absolute atomic E-state index is 0.758. The van der Waals surface area contributed by atoms with Crippen LogP contribution in [0.15, 0.2) is 4.99 Å². The summed E-state index contributed by atoms with van der Waals surface area (Å²) in [6.45, 7) is 13.8. The molecule has 0 saturated carbocycles. The SMILES string of the molecule is CCNC(=NCCCCN1CCOCC1)N1CCSC(CC)C1. The molecule has 0 radical (unpaired) electrons. The van der Waals surface area contributed by atoms with Crippen LogP contribution >= 0.6 is 11.8 Å². The Hall–Kier alpha value is -0.460. The summed E-state index contributed by atoms with van der Waals surface area (Å²) in [5, 5.41) is 4.24. The number of nitrogens with one attached hydrogen (secondary N) is 1. The van der Waals surface area contributed by atoms with Crippen molar-refractivity contribution in [3.05, 3.63) is 0 Å². The number of aliphatic imine (C=N–C) groups is 1. The van der Waals surface area contributed by atoms with Crippen molar-refractivity contribution in [1.29, 1.82) is 0 Å². The molecule has 23 heavy (non-hydrogen) atoms. The molecule has 0 aliphatic carbocycles. The van der Waals surface area contributed by atoms with Crippen LogP contribution in [0.3, 0.4) is 0 Å². The first kappa shape index (κ1) is 18.9. The molecule has 1 N–H and O–H groups in total. The van der Waals surface area contributed by atoms with Gasteiger partial charge in [-0.1, -0.05) is 6.92 Å². The second-order valence-electron chi connectivity index (χ2n) is 6.24. The van der Waals surface area contributed by atoms with Crippen LogP contribution in [0, 0.1) is 0 Å². The molecule has 2 aliphatic heterocycles. The summed E-state index contributed by atoms with van der Waals surface area (Å²) in [6, 6.07) is 0. The first-order valence-corrected chi connectivity index (χ1v) is 10.3. The summed E-state index contributed by atoms with van der Waals surface area (Å²) >= 11 is 2.11. The van der Waals surface area contributed by atoms with E-state index in [2.05, 4.69) is 40.7 Å². The van der Waals surface area contributed by atoms with Gasteiger partial charge in [0, 0.05) is 50.3 Å². The summed E-state index contributed by atoms with van der Waals surface area (Å²) in [4.78, 5) is 9.83. The Bertz CT molecular complexity index is 347. The van der Waals surface area contributed by atoms with E-state index in [1.54, 1.807) is 0 Å². The average Bonchev–Trinajstić information content (AvgIpc) is 2.61. The Morgan fingerprint density at radius 1 is 1.22 bits per heavy atom. The summed E-state index contributed by atoms with van der Waals surface area (Å²) in [5.74, 6) is 2.34. The third kappa shape index (κ3) is 6.89. The quantitative estimate of drug-likeness (QED) is 0.435. The zero-order chi connectivity index (χ0) is 16.3. The molecule has 2 heterocycles. The molecular weight excluding hydrogens is 308 g/mol. The van der Waals surface area contributed by atoms with Gasteiger partial charge in [-0.15, -0.1) is 0 Å². The first-order chi connectivity index (χ1) is 11.3. The Morgan fingerprint density at radius 2 is 2.04 bits per heavy atom. The highest BCUT2D eigenvalue weighted by Gasteiger charge is 2.21. The summed E-state index contributed by atoms with van der Waals surface area (Å²) < 4.78 is 5.39. The maximum atomic E-state index is 5.39. The lowest BCUT2D eigenvalue weighted by Gasteiger charge is -2.34. The van der Waals surface area contributed by atoms with E-state index in [9.17, 15) is 0 Å². The Kier molecular flexibility index (Phi) is 9.15. The van der Waals surface area contributed by atoms with Gasteiger partial charge in [0.2, 0.25) is 0 Å². The first-order valence-electron chi connectivity index (χ1n) is 9.28. The molecule has 2 aliphatic rings. The fraction of sp³-hybridized carbons (Fsp3) is 0.941. The van der Waals surface area contributed by atoms with Gasteiger partial charge in [-0.2, -0.15) is 11.8 Å². The van der Waals surface area contributed by atoms with E-state index in [0.717, 1.165) is 63.7 Å². The van der Waals surface area contributed by atoms with Gasteiger partial charge in [-0.05, 0) is 32.7 Å². The van der Waals surface area contributed by atoms with E-state index in [0.29, 0.717) is 0 Å². The summed E-state index contributed by atoms with van der Waals surface area (Å²) in [6.07, 6.45) is 3.66. The van der Waals surface area contributed by atoms with Crippen molar-refractivity contribution in [1.82, 2.24) is 15.1 Å². The van der Waals surface area contributed by atoms with Crippen LogP contribution in [-0.4, -0.2) is 85.8 Å². The lowest BCUT2D eigenvalue weighted by Crippen LogP contribution is -2.48. The third-order valence-corrected chi connectivity index (χ3v) is 5.85. The predicted octanol–water partition coefficient (Wildman–Crippen LogP) is 1.89. The van der Waals surface area contributed by atoms with Crippen molar-refractivity contribution >= 4 is 17.7 Å².